The molecule has 0 aromatic rings. The summed E-state index contributed by atoms with van der Waals surface area (Å²) in [7, 11) is 1.98. The van der Waals surface area contributed by atoms with Crippen molar-refractivity contribution in [2.45, 2.75) is 25.0 Å². The molecule has 0 radical (unpaired) electrons. The first-order valence-electron chi connectivity index (χ1n) is 5.55. The first kappa shape index (κ1) is 12.0. The zero-order chi connectivity index (χ0) is 10.6. The van der Waals surface area contributed by atoms with E-state index in [1.807, 2.05) is 7.05 Å². The van der Waals surface area contributed by atoms with Gasteiger partial charge in [0.05, 0.1) is 0 Å². The van der Waals surface area contributed by atoms with E-state index in [4.69, 9.17) is 0 Å². The number of likely N-dealkylation sites (tertiary alicyclic amines) is 1. The maximum atomic E-state index is 11.8. The first-order valence-corrected chi connectivity index (χ1v) is 7.08. The molecule has 1 aliphatic rings. The number of hydrogen-bond donors (Lipinski definition) is 1. The topological polar surface area (TPSA) is 32.3 Å². The molecule has 4 heteroatoms. The lowest BCUT2D eigenvalue weighted by Crippen LogP contribution is -2.33. The van der Waals surface area contributed by atoms with Crippen LogP contribution in [0.1, 0.15) is 20.3 Å². The molecular weight excluding hydrogens is 191 g/mol. The van der Waals surface area contributed by atoms with Crippen LogP contribution in [-0.2, 0) is 0 Å². The van der Waals surface area contributed by atoms with Crippen LogP contribution in [0.5, 0.6) is 0 Å². The summed E-state index contributed by atoms with van der Waals surface area (Å²) in [5, 5.41) is 3.18. The van der Waals surface area contributed by atoms with E-state index in [2.05, 4.69) is 24.1 Å². The summed E-state index contributed by atoms with van der Waals surface area (Å²) in [6.45, 7) is 7.34. The maximum absolute atomic E-state index is 11.8. The second kappa shape index (κ2) is 5.75. The third-order valence-electron chi connectivity index (χ3n) is 2.71. The molecule has 1 unspecified atom stereocenters. The standard InChI is InChI=1S/C7H13N2O.C3H7.Al.H/c1-8-4-7-2-3-9(5-7)6-10;1-3-2;;/h7-8H,2-5H2,1H3;3H,1-2H3;;. The summed E-state index contributed by atoms with van der Waals surface area (Å²) in [5.74, 6) is 0.685. The van der Waals surface area contributed by atoms with Gasteiger partial charge in [-0.25, -0.2) is 0 Å². The van der Waals surface area contributed by atoms with Gasteiger partial charge in [0.2, 0.25) is 0 Å². The van der Waals surface area contributed by atoms with Gasteiger partial charge in [0, 0.05) is 13.1 Å². The fourth-order valence-corrected chi connectivity index (χ4v) is 3.24. The lowest BCUT2D eigenvalue weighted by molar-refractivity contribution is 0.229. The number of nitrogens with zero attached hydrogens (tertiary/aromatic N) is 1. The fourth-order valence-electron chi connectivity index (χ4n) is 1.99. The Kier molecular flexibility index (Phi) is 4.94. The van der Waals surface area contributed by atoms with Crippen molar-refractivity contribution in [3.8, 4) is 0 Å². The van der Waals surface area contributed by atoms with Gasteiger partial charge in [-0.2, -0.15) is 0 Å². The number of rotatable bonds is 4. The Hall–Kier alpha value is -0.0375. The van der Waals surface area contributed by atoms with Gasteiger partial charge in [-0.1, -0.05) is 18.6 Å². The minimum Gasteiger partial charge on any atom is -0.359 e. The number of carbonyl (C=O) groups excluding carboxylic acids is 1. The van der Waals surface area contributed by atoms with Gasteiger partial charge in [-0.15, -0.1) is 0 Å². The van der Waals surface area contributed by atoms with E-state index >= 15 is 0 Å². The molecule has 3 nitrogen and oxygen atoms in total. The van der Waals surface area contributed by atoms with Crippen molar-refractivity contribution < 1.29 is 4.79 Å². The number of amides is 1. The molecule has 0 aromatic carbocycles. The van der Waals surface area contributed by atoms with Gasteiger partial charge in [-0.3, -0.25) is 4.79 Å². The Bertz CT molecular complexity index is 197. The average molecular weight is 212 g/mol. The zero-order valence-electron chi connectivity index (χ0n) is 9.55. The van der Waals surface area contributed by atoms with Crippen molar-refractivity contribution in [3.63, 3.8) is 0 Å². The van der Waals surface area contributed by atoms with Crippen LogP contribution in [0.3, 0.4) is 0 Å². The van der Waals surface area contributed by atoms with E-state index in [9.17, 15) is 4.79 Å². The van der Waals surface area contributed by atoms with Crippen LogP contribution in [0.4, 0.5) is 4.79 Å². The van der Waals surface area contributed by atoms with Crippen molar-refractivity contribution in [1.29, 1.82) is 0 Å². The first-order chi connectivity index (χ1) is 6.63. The largest absolute Gasteiger partial charge is 0.381 e. The van der Waals surface area contributed by atoms with Crippen molar-refractivity contribution in [2.24, 2.45) is 5.92 Å². The predicted octanol–water partition coefficient (Wildman–Crippen LogP) is 0.912. The van der Waals surface area contributed by atoms with Gasteiger partial charge in [0.15, 0.2) is 0 Å². The highest BCUT2D eigenvalue weighted by Crippen LogP contribution is 2.16. The molecule has 1 fully saturated rings. The minimum atomic E-state index is -0.529. The van der Waals surface area contributed by atoms with Crippen LogP contribution in [0.25, 0.3) is 0 Å². The quantitative estimate of drug-likeness (QED) is 0.703. The summed E-state index contributed by atoms with van der Waals surface area (Å²) in [6.07, 6.45) is 1.18. The molecule has 0 saturated carbocycles. The van der Waals surface area contributed by atoms with Crippen LogP contribution in [-0.4, -0.2) is 51.6 Å². The van der Waals surface area contributed by atoms with E-state index in [1.165, 1.54) is 6.42 Å². The third-order valence-corrected chi connectivity index (χ3v) is 4.33. The average Bonchev–Trinajstić information content (AvgIpc) is 2.52. The molecule has 1 rings (SSSR count). The molecular formula is C10H21AlN2O. The molecule has 1 heterocycles. The normalized spacial score (nSPS) is 21.7. The van der Waals surface area contributed by atoms with E-state index in [0.717, 1.165) is 19.6 Å². The van der Waals surface area contributed by atoms with Crippen molar-refractivity contribution >= 4 is 20.0 Å². The summed E-state index contributed by atoms with van der Waals surface area (Å²) >= 11 is -0.529. The molecule has 1 atom stereocenters. The Balaban J connectivity index is 2.30. The minimum absolute atomic E-state index is 0.471. The Morgan fingerprint density at radius 2 is 2.36 bits per heavy atom. The second-order valence-corrected chi connectivity index (χ2v) is 7.30. The van der Waals surface area contributed by atoms with Crippen LogP contribution in [0, 0.1) is 5.92 Å². The summed E-state index contributed by atoms with van der Waals surface area (Å²) in [5.41, 5.74) is 0. The monoisotopic (exact) mass is 212 g/mol. The van der Waals surface area contributed by atoms with Gasteiger partial charge < -0.3 is 10.2 Å². The summed E-state index contributed by atoms with van der Waals surface area (Å²) < 4.78 is 1.09. The SMILES string of the molecule is CNCC1CCN([C](=O)[AlH][CH](C)C)C1. The molecule has 1 aliphatic heterocycles. The molecule has 1 N–H and O–H groups in total. The maximum Gasteiger partial charge on any atom is 0.381 e. The fraction of sp³-hybridized carbons (Fsp3) is 0.900. The third kappa shape index (κ3) is 3.61. The predicted molar refractivity (Wildman–Crippen MR) is 61.2 cm³/mol. The molecule has 0 aliphatic carbocycles. The highest BCUT2D eigenvalue weighted by atomic mass is 27.1. The number of hydrogen-bond acceptors (Lipinski definition) is 2. The molecule has 80 valence electrons. The van der Waals surface area contributed by atoms with E-state index < -0.39 is 15.2 Å². The smallest absolute Gasteiger partial charge is 0.359 e. The molecule has 0 spiro atoms. The van der Waals surface area contributed by atoms with Crippen LogP contribution in [0.2, 0.25) is 4.78 Å². The highest BCUT2D eigenvalue weighted by molar-refractivity contribution is 6.74. The van der Waals surface area contributed by atoms with Gasteiger partial charge in [0.25, 0.3) is 0 Å². The van der Waals surface area contributed by atoms with Crippen molar-refractivity contribution in [1.82, 2.24) is 10.2 Å². The zero-order valence-corrected chi connectivity index (χ0v) is 11.0. The number of carbonyl (C=O) groups is 1. The number of nitrogens with one attached hydrogen (secondary N) is 1. The van der Waals surface area contributed by atoms with Gasteiger partial charge in [0.1, 0.15) is 4.77 Å². The lowest BCUT2D eigenvalue weighted by atomic mass is 10.1. The van der Waals surface area contributed by atoms with E-state index in [-0.39, 0.29) is 0 Å². The van der Waals surface area contributed by atoms with Gasteiger partial charge >= 0.3 is 15.2 Å². The van der Waals surface area contributed by atoms with Crippen molar-refractivity contribution in [2.75, 3.05) is 26.7 Å². The molecule has 0 aromatic heterocycles. The highest BCUT2D eigenvalue weighted by Gasteiger charge is 2.26. The van der Waals surface area contributed by atoms with Crippen molar-refractivity contribution in [3.05, 3.63) is 0 Å². The Morgan fingerprint density at radius 1 is 1.64 bits per heavy atom. The Morgan fingerprint density at radius 3 is 2.93 bits per heavy atom. The van der Waals surface area contributed by atoms with Crippen LogP contribution >= 0.6 is 0 Å². The summed E-state index contributed by atoms with van der Waals surface area (Å²) in [4.78, 5) is 13.9. The summed E-state index contributed by atoms with van der Waals surface area (Å²) in [6, 6.07) is 0. The van der Waals surface area contributed by atoms with Crippen LogP contribution in [0.15, 0.2) is 0 Å². The molecule has 1 saturated heterocycles. The van der Waals surface area contributed by atoms with Crippen LogP contribution < -0.4 is 5.32 Å². The second-order valence-electron chi connectivity index (χ2n) is 4.65. The Labute approximate surface area is 92.9 Å². The van der Waals surface area contributed by atoms with E-state index in [1.54, 1.807) is 0 Å². The molecule has 0 bridgehead atoms. The van der Waals surface area contributed by atoms with E-state index in [0.29, 0.717) is 15.5 Å². The van der Waals surface area contributed by atoms with Gasteiger partial charge in [-0.05, 0) is 25.9 Å². The molecule has 14 heavy (non-hydrogen) atoms. The molecule has 1 amide bonds. The lowest BCUT2D eigenvalue weighted by Gasteiger charge is -2.17.